The highest BCUT2D eigenvalue weighted by Gasteiger charge is 2.09. The van der Waals surface area contributed by atoms with Gasteiger partial charge in [0.25, 0.3) is 0 Å². The molecule has 1 aromatic rings. The van der Waals surface area contributed by atoms with Crippen LogP contribution in [-0.4, -0.2) is 31.3 Å². The van der Waals surface area contributed by atoms with Crippen LogP contribution in [0.25, 0.3) is 0 Å². The van der Waals surface area contributed by atoms with Gasteiger partial charge in [-0.05, 0) is 16.8 Å². The van der Waals surface area contributed by atoms with Crippen LogP contribution in [0.4, 0.5) is 0 Å². The largest absolute Gasteiger partial charge is 0.481 e. The van der Waals surface area contributed by atoms with E-state index in [0.29, 0.717) is 12.4 Å². The van der Waals surface area contributed by atoms with Gasteiger partial charge in [0.1, 0.15) is 6.42 Å². The van der Waals surface area contributed by atoms with Crippen LogP contribution in [0.15, 0.2) is 0 Å². The van der Waals surface area contributed by atoms with Gasteiger partial charge in [-0.25, -0.2) is 4.68 Å². The Morgan fingerprint density at radius 1 is 0.840 bits per heavy atom. The van der Waals surface area contributed by atoms with E-state index in [0.717, 1.165) is 12.8 Å². The Bertz CT molecular complexity index is 448. The molecule has 1 N–H and O–H groups in total. The molecule has 0 aliphatic rings. The summed E-state index contributed by atoms with van der Waals surface area (Å²) in [6, 6.07) is 0. The molecule has 6 heteroatoms. The third-order valence-corrected chi connectivity index (χ3v) is 4.64. The number of hydrogen-bond acceptors (Lipinski definition) is 4. The molecule has 0 saturated carbocycles. The third kappa shape index (κ3) is 11.7. The SMILES string of the molecule is CCCCCCCCCCCCCCCCn1nnnc1CC(=O)O. The summed E-state index contributed by atoms with van der Waals surface area (Å²) in [4.78, 5) is 10.7. The molecule has 6 nitrogen and oxygen atoms in total. The number of aliphatic carboxylic acids is 1. The Morgan fingerprint density at radius 3 is 1.80 bits per heavy atom. The van der Waals surface area contributed by atoms with Crippen molar-refractivity contribution in [1.29, 1.82) is 0 Å². The summed E-state index contributed by atoms with van der Waals surface area (Å²) in [5, 5.41) is 20.0. The van der Waals surface area contributed by atoms with Crippen LogP contribution in [0, 0.1) is 0 Å². The second-order valence-corrected chi connectivity index (χ2v) is 6.98. The third-order valence-electron chi connectivity index (χ3n) is 4.64. The minimum absolute atomic E-state index is 0.106. The van der Waals surface area contributed by atoms with Crippen LogP contribution < -0.4 is 0 Å². The van der Waals surface area contributed by atoms with E-state index in [1.807, 2.05) is 0 Å². The van der Waals surface area contributed by atoms with E-state index in [2.05, 4.69) is 22.4 Å². The normalized spacial score (nSPS) is 11.1. The van der Waals surface area contributed by atoms with Crippen molar-refractivity contribution in [1.82, 2.24) is 20.2 Å². The lowest BCUT2D eigenvalue weighted by molar-refractivity contribution is -0.136. The number of aryl methyl sites for hydroxylation is 1. The summed E-state index contributed by atoms with van der Waals surface area (Å²) in [6.07, 6.45) is 18.5. The molecule has 0 bridgehead atoms. The first kappa shape index (κ1) is 21.6. The second kappa shape index (κ2) is 14.8. The predicted octanol–water partition coefficient (Wildman–Crippen LogP) is 4.78. The highest BCUT2D eigenvalue weighted by molar-refractivity contribution is 5.68. The first-order valence-corrected chi connectivity index (χ1v) is 10.2. The molecular weight excluding hydrogens is 316 g/mol. The quantitative estimate of drug-likeness (QED) is 0.408. The standard InChI is InChI=1S/C19H36N4O2/c1-2-3-4-5-6-7-8-9-10-11-12-13-14-15-16-23-18(17-19(24)25)20-21-22-23/h2-17H2,1H3,(H,24,25). The molecule has 0 radical (unpaired) electrons. The van der Waals surface area contributed by atoms with E-state index >= 15 is 0 Å². The van der Waals surface area contributed by atoms with Gasteiger partial charge in [0.2, 0.25) is 0 Å². The molecule has 0 spiro atoms. The predicted molar refractivity (Wildman–Crippen MR) is 99.5 cm³/mol. The van der Waals surface area contributed by atoms with Crippen LogP contribution >= 0.6 is 0 Å². The van der Waals surface area contributed by atoms with Gasteiger partial charge in [0.05, 0.1) is 0 Å². The summed E-state index contributed by atoms with van der Waals surface area (Å²) in [7, 11) is 0. The second-order valence-electron chi connectivity index (χ2n) is 6.98. The summed E-state index contributed by atoms with van der Waals surface area (Å²) >= 11 is 0. The van der Waals surface area contributed by atoms with Gasteiger partial charge in [-0.15, -0.1) is 5.10 Å². The zero-order chi connectivity index (χ0) is 18.2. The Morgan fingerprint density at radius 2 is 1.32 bits per heavy atom. The van der Waals surface area contributed by atoms with Crippen molar-refractivity contribution in [3.63, 3.8) is 0 Å². The molecule has 25 heavy (non-hydrogen) atoms. The number of nitrogens with zero attached hydrogens (tertiary/aromatic N) is 4. The molecule has 0 saturated heterocycles. The molecule has 1 aromatic heterocycles. The van der Waals surface area contributed by atoms with Crippen LogP contribution in [-0.2, 0) is 17.8 Å². The monoisotopic (exact) mass is 352 g/mol. The van der Waals surface area contributed by atoms with Crippen LogP contribution in [0.5, 0.6) is 0 Å². The first-order valence-electron chi connectivity index (χ1n) is 10.2. The smallest absolute Gasteiger partial charge is 0.311 e. The van der Waals surface area contributed by atoms with Crippen molar-refractivity contribution in [2.45, 2.75) is 110 Å². The summed E-state index contributed by atoms with van der Waals surface area (Å²) in [5.74, 6) is -0.445. The number of carboxylic acid groups (broad SMARTS) is 1. The van der Waals surface area contributed by atoms with Crippen molar-refractivity contribution >= 4 is 5.97 Å². The van der Waals surface area contributed by atoms with E-state index < -0.39 is 5.97 Å². The number of aromatic nitrogens is 4. The topological polar surface area (TPSA) is 80.9 Å². The van der Waals surface area contributed by atoms with Gasteiger partial charge in [-0.2, -0.15) is 0 Å². The minimum atomic E-state index is -0.892. The van der Waals surface area contributed by atoms with Gasteiger partial charge < -0.3 is 5.11 Å². The first-order chi connectivity index (χ1) is 12.2. The van der Waals surface area contributed by atoms with E-state index in [9.17, 15) is 4.79 Å². The molecular formula is C19H36N4O2. The van der Waals surface area contributed by atoms with E-state index in [1.165, 1.54) is 77.0 Å². The molecule has 0 aliphatic heterocycles. The highest BCUT2D eigenvalue weighted by Crippen LogP contribution is 2.13. The lowest BCUT2D eigenvalue weighted by Crippen LogP contribution is -2.10. The Hall–Kier alpha value is -1.46. The van der Waals surface area contributed by atoms with Crippen molar-refractivity contribution in [2.75, 3.05) is 0 Å². The zero-order valence-electron chi connectivity index (χ0n) is 16.0. The Labute approximate surface area is 152 Å². The van der Waals surface area contributed by atoms with Gasteiger partial charge in [0, 0.05) is 6.54 Å². The van der Waals surface area contributed by atoms with Crippen molar-refractivity contribution in [2.24, 2.45) is 0 Å². The average molecular weight is 353 g/mol. The molecule has 0 atom stereocenters. The van der Waals surface area contributed by atoms with E-state index in [4.69, 9.17) is 5.11 Å². The molecule has 0 aliphatic carbocycles. The number of rotatable bonds is 17. The number of unbranched alkanes of at least 4 members (excludes halogenated alkanes) is 13. The number of carboxylic acids is 1. The van der Waals surface area contributed by atoms with Crippen LogP contribution in [0.1, 0.15) is 103 Å². The Balaban J connectivity index is 1.86. The molecule has 0 unspecified atom stereocenters. The summed E-state index contributed by atoms with van der Waals surface area (Å²) in [5.41, 5.74) is 0. The van der Waals surface area contributed by atoms with Crippen molar-refractivity contribution in [3.8, 4) is 0 Å². The molecule has 144 valence electrons. The van der Waals surface area contributed by atoms with Crippen molar-refractivity contribution in [3.05, 3.63) is 5.82 Å². The van der Waals surface area contributed by atoms with Gasteiger partial charge in [0.15, 0.2) is 5.82 Å². The van der Waals surface area contributed by atoms with Gasteiger partial charge in [-0.3, -0.25) is 4.79 Å². The zero-order valence-corrected chi connectivity index (χ0v) is 16.0. The maximum absolute atomic E-state index is 10.7. The van der Waals surface area contributed by atoms with Crippen LogP contribution in [0.3, 0.4) is 0 Å². The molecule has 0 amide bonds. The lowest BCUT2D eigenvalue weighted by Gasteiger charge is -2.04. The summed E-state index contributed by atoms with van der Waals surface area (Å²) < 4.78 is 1.62. The molecule has 1 heterocycles. The number of hydrogen-bond donors (Lipinski definition) is 1. The molecule has 0 aromatic carbocycles. The van der Waals surface area contributed by atoms with Gasteiger partial charge in [-0.1, -0.05) is 90.4 Å². The fraction of sp³-hybridized carbons (Fsp3) is 0.895. The van der Waals surface area contributed by atoms with E-state index in [1.54, 1.807) is 4.68 Å². The van der Waals surface area contributed by atoms with Crippen LogP contribution in [0.2, 0.25) is 0 Å². The molecule has 0 fully saturated rings. The fourth-order valence-corrected chi connectivity index (χ4v) is 3.11. The average Bonchev–Trinajstić information content (AvgIpc) is 3.01. The summed E-state index contributed by atoms with van der Waals surface area (Å²) in [6.45, 7) is 2.98. The number of tetrazole rings is 1. The van der Waals surface area contributed by atoms with Crippen molar-refractivity contribution < 1.29 is 9.90 Å². The Kier molecular flexibility index (Phi) is 12.8. The molecule has 1 rings (SSSR count). The minimum Gasteiger partial charge on any atom is -0.481 e. The fourth-order valence-electron chi connectivity index (χ4n) is 3.11. The maximum Gasteiger partial charge on any atom is 0.311 e. The maximum atomic E-state index is 10.7. The number of carbonyl (C=O) groups is 1. The lowest BCUT2D eigenvalue weighted by atomic mass is 10.0. The highest BCUT2D eigenvalue weighted by atomic mass is 16.4. The van der Waals surface area contributed by atoms with Gasteiger partial charge >= 0.3 is 5.97 Å². The van der Waals surface area contributed by atoms with E-state index in [-0.39, 0.29) is 6.42 Å².